The maximum atomic E-state index is 14.9. The van der Waals surface area contributed by atoms with Crippen LogP contribution < -0.4 is 9.47 Å². The Kier molecular flexibility index (Phi) is 9.26. The number of halogens is 2. The number of ketones is 1. The monoisotopic (exact) mass is 797 g/mol. The molecule has 11 unspecified atom stereocenters. The van der Waals surface area contributed by atoms with E-state index in [-0.39, 0.29) is 52.9 Å². The molecule has 312 valence electrons. The maximum Gasteiger partial charge on any atom is 0.227 e. The third-order valence-electron chi connectivity index (χ3n) is 18.2. The minimum absolute atomic E-state index is 0.0267. The molecule has 0 saturated heterocycles. The van der Waals surface area contributed by atoms with Gasteiger partial charge in [0.15, 0.2) is 28.9 Å². The zero-order valence-electron chi connectivity index (χ0n) is 35.1. The van der Waals surface area contributed by atoms with Crippen LogP contribution >= 0.6 is 0 Å². The number of Topliss-reactive ketones (excluding diaryl/α,β-unsaturated/α-hetero) is 1. The molecular formula is C49H61F2NO6. The van der Waals surface area contributed by atoms with Crippen LogP contribution in [0.1, 0.15) is 108 Å². The van der Waals surface area contributed by atoms with Crippen molar-refractivity contribution in [2.75, 3.05) is 27.3 Å². The first-order valence-corrected chi connectivity index (χ1v) is 21.8. The Morgan fingerprint density at radius 3 is 2.28 bits per heavy atom. The number of benzene rings is 2. The standard InChI is InChI=1S/C49H61F2NO6/c1-44(2)32-10-8-31(34(44)24-32)27-52(42(54)22-29-7-12-38(57-5)39(21-29)58-6)28-48(56)18-15-41-46(48,4)17-14-40-45(3)16-13-33(53)25-47(45)19-20-49(40,41)35(26-47)43(55)30-9-11-36(50)37(51)23-30/h7,9,11-12,19-21,23,26,31-34,40-41,53,56H,8,10,13-18,22,24-25,27-28H2,1-6H3. The number of nitrogens with zero attached hydrogens (tertiary/aromatic N) is 1. The maximum absolute atomic E-state index is 14.9. The molecule has 6 saturated carbocycles. The number of hydrogen-bond donors (Lipinski definition) is 2. The zero-order chi connectivity index (χ0) is 41.2. The van der Waals surface area contributed by atoms with Gasteiger partial charge in [-0.3, -0.25) is 9.59 Å². The quantitative estimate of drug-likeness (QED) is 0.184. The molecule has 9 heteroatoms. The normalized spacial score (nSPS) is 40.1. The van der Waals surface area contributed by atoms with Crippen molar-refractivity contribution in [2.45, 2.75) is 110 Å². The summed E-state index contributed by atoms with van der Waals surface area (Å²) in [5.41, 5.74) is -1.72. The van der Waals surface area contributed by atoms with Gasteiger partial charge < -0.3 is 24.6 Å². The van der Waals surface area contributed by atoms with Gasteiger partial charge in [0.25, 0.3) is 0 Å². The number of hydrogen-bond acceptors (Lipinski definition) is 6. The summed E-state index contributed by atoms with van der Waals surface area (Å²) < 4.78 is 40.0. The van der Waals surface area contributed by atoms with Gasteiger partial charge in [-0.25, -0.2) is 8.78 Å². The first-order valence-electron chi connectivity index (χ1n) is 21.8. The predicted molar refractivity (Wildman–Crippen MR) is 217 cm³/mol. The molecule has 6 fully saturated rings. The van der Waals surface area contributed by atoms with Crippen LogP contribution in [0.2, 0.25) is 0 Å². The number of aliphatic hydroxyl groups is 2. The van der Waals surface area contributed by atoms with Crippen LogP contribution in [-0.2, 0) is 11.2 Å². The number of rotatable bonds is 10. The van der Waals surface area contributed by atoms with E-state index in [0.29, 0.717) is 61.1 Å². The van der Waals surface area contributed by atoms with Crippen LogP contribution in [0.3, 0.4) is 0 Å². The first kappa shape index (κ1) is 39.9. The highest BCUT2D eigenvalue weighted by Gasteiger charge is 2.74. The highest BCUT2D eigenvalue weighted by Crippen LogP contribution is 2.78. The number of fused-ring (bicyclic) bond motifs is 3. The summed E-state index contributed by atoms with van der Waals surface area (Å²) in [5.74, 6) is 0.245. The second-order valence-electron chi connectivity index (χ2n) is 20.6. The molecular weight excluding hydrogens is 737 g/mol. The number of carbonyl (C=O) groups is 2. The molecule has 0 aromatic heterocycles. The zero-order valence-corrected chi connectivity index (χ0v) is 35.1. The smallest absolute Gasteiger partial charge is 0.227 e. The van der Waals surface area contributed by atoms with Gasteiger partial charge in [-0.1, -0.05) is 52.0 Å². The molecule has 9 aliphatic carbocycles. The number of aliphatic hydroxyl groups excluding tert-OH is 1. The molecule has 0 heterocycles. The second-order valence-corrected chi connectivity index (χ2v) is 20.6. The predicted octanol–water partition coefficient (Wildman–Crippen LogP) is 8.90. The van der Waals surface area contributed by atoms with E-state index in [9.17, 15) is 28.6 Å². The van der Waals surface area contributed by atoms with E-state index < -0.39 is 39.6 Å². The Morgan fingerprint density at radius 1 is 0.845 bits per heavy atom. The van der Waals surface area contributed by atoms with Gasteiger partial charge in [-0.05, 0) is 141 Å². The average molecular weight is 798 g/mol. The van der Waals surface area contributed by atoms with E-state index in [1.807, 2.05) is 23.1 Å². The van der Waals surface area contributed by atoms with Crippen molar-refractivity contribution < 1.29 is 38.1 Å². The number of methoxy groups -OCH3 is 2. The van der Waals surface area contributed by atoms with E-state index in [0.717, 1.165) is 55.7 Å². The van der Waals surface area contributed by atoms with Crippen molar-refractivity contribution >= 4 is 11.7 Å². The van der Waals surface area contributed by atoms with Gasteiger partial charge in [-0.2, -0.15) is 0 Å². The molecule has 11 rings (SSSR count). The van der Waals surface area contributed by atoms with E-state index in [4.69, 9.17) is 9.47 Å². The molecule has 2 aromatic carbocycles. The van der Waals surface area contributed by atoms with Crippen molar-refractivity contribution in [2.24, 2.45) is 56.7 Å². The lowest BCUT2D eigenvalue weighted by Gasteiger charge is -2.71. The van der Waals surface area contributed by atoms with Gasteiger partial charge in [0, 0.05) is 40.5 Å². The number of carbonyl (C=O) groups excluding carboxylic acids is 2. The summed E-state index contributed by atoms with van der Waals surface area (Å²) in [6.07, 6.45) is 14.3. The lowest BCUT2D eigenvalue weighted by molar-refractivity contribution is -0.180. The SMILES string of the molecule is COc1ccc(CC(=O)N(CC2CCC3CC2C3(C)C)CC2(O)CCC3C45C=CC6(C=C4C(=O)c4ccc(F)c(F)c4)CC(O)CCC6(C)C5CCC32C)cc1OC. The fraction of sp³-hybridized carbons (Fsp3) is 0.633. The number of ether oxygens (including phenoxy) is 2. The molecule has 2 N–H and O–H groups in total. The van der Waals surface area contributed by atoms with Crippen molar-refractivity contribution in [3.63, 3.8) is 0 Å². The Bertz CT molecular complexity index is 2100. The third kappa shape index (κ3) is 5.46. The number of allylic oxidation sites excluding steroid dienone is 4. The Labute approximate surface area is 342 Å². The molecule has 0 radical (unpaired) electrons. The Balaban J connectivity index is 1.09. The van der Waals surface area contributed by atoms with Gasteiger partial charge >= 0.3 is 0 Å². The Hall–Kier alpha value is -3.56. The topological polar surface area (TPSA) is 96.3 Å². The average Bonchev–Trinajstić information content (AvgIpc) is 3.47. The van der Waals surface area contributed by atoms with Crippen molar-refractivity contribution in [3.8, 4) is 11.5 Å². The van der Waals surface area contributed by atoms with E-state index in [2.05, 4.69) is 45.9 Å². The van der Waals surface area contributed by atoms with E-state index in [1.54, 1.807) is 14.2 Å². The van der Waals surface area contributed by atoms with Gasteiger partial charge in [0.1, 0.15) is 0 Å². The minimum Gasteiger partial charge on any atom is -0.493 e. The molecule has 7 nitrogen and oxygen atoms in total. The lowest BCUT2D eigenvalue weighted by Crippen LogP contribution is -2.67. The minimum atomic E-state index is -1.24. The Morgan fingerprint density at radius 2 is 1.57 bits per heavy atom. The van der Waals surface area contributed by atoms with Crippen LogP contribution in [0, 0.1) is 68.3 Å². The number of amides is 1. The third-order valence-corrected chi connectivity index (χ3v) is 18.2. The molecule has 2 aromatic rings. The van der Waals surface area contributed by atoms with E-state index in [1.165, 1.54) is 12.5 Å². The van der Waals surface area contributed by atoms with Crippen LogP contribution in [0.4, 0.5) is 8.78 Å². The van der Waals surface area contributed by atoms with Gasteiger partial charge in [0.2, 0.25) is 5.91 Å². The molecule has 0 aliphatic heterocycles. The summed E-state index contributed by atoms with van der Waals surface area (Å²) in [6.45, 7) is 10.0. The summed E-state index contributed by atoms with van der Waals surface area (Å²) in [5, 5.41) is 24.4. The van der Waals surface area contributed by atoms with Crippen LogP contribution in [-0.4, -0.2) is 65.8 Å². The molecule has 2 spiro atoms. The molecule has 58 heavy (non-hydrogen) atoms. The molecule has 9 aliphatic rings. The highest BCUT2D eigenvalue weighted by atomic mass is 19.2. The van der Waals surface area contributed by atoms with Crippen molar-refractivity contribution in [1.82, 2.24) is 4.90 Å². The van der Waals surface area contributed by atoms with Gasteiger partial charge in [0.05, 0.1) is 32.3 Å². The van der Waals surface area contributed by atoms with Crippen LogP contribution in [0.5, 0.6) is 11.5 Å². The van der Waals surface area contributed by atoms with Crippen LogP contribution in [0.25, 0.3) is 0 Å². The highest BCUT2D eigenvalue weighted by molar-refractivity contribution is 6.10. The fourth-order valence-electron chi connectivity index (χ4n) is 14.7. The van der Waals surface area contributed by atoms with Gasteiger partial charge in [-0.15, -0.1) is 0 Å². The summed E-state index contributed by atoms with van der Waals surface area (Å²) in [4.78, 5) is 31.6. The first-order chi connectivity index (χ1) is 27.4. The largest absolute Gasteiger partial charge is 0.493 e. The molecule has 4 bridgehead atoms. The molecule has 1 amide bonds. The fourth-order valence-corrected chi connectivity index (χ4v) is 14.7. The summed E-state index contributed by atoms with van der Waals surface area (Å²) >= 11 is 0. The van der Waals surface area contributed by atoms with Crippen molar-refractivity contribution in [1.29, 1.82) is 0 Å². The van der Waals surface area contributed by atoms with E-state index >= 15 is 0 Å². The lowest BCUT2D eigenvalue weighted by atomic mass is 9.32. The summed E-state index contributed by atoms with van der Waals surface area (Å²) in [7, 11) is 3.18. The second kappa shape index (κ2) is 13.5. The molecule has 11 atom stereocenters. The van der Waals surface area contributed by atoms with Crippen molar-refractivity contribution in [3.05, 3.63) is 83.0 Å². The van der Waals surface area contributed by atoms with Crippen LogP contribution in [0.15, 0.2) is 60.2 Å². The summed E-state index contributed by atoms with van der Waals surface area (Å²) in [6, 6.07) is 8.99.